The topological polar surface area (TPSA) is 45.0 Å². The van der Waals surface area contributed by atoms with E-state index in [-0.39, 0.29) is 17.9 Å². The maximum atomic E-state index is 11.8. The number of amidine groups is 1. The van der Waals surface area contributed by atoms with Crippen LogP contribution in [0.1, 0.15) is 36.4 Å². The number of hydrogen-bond donors (Lipinski definition) is 0. The molecule has 1 saturated carbocycles. The summed E-state index contributed by atoms with van der Waals surface area (Å²) < 4.78 is 0. The highest BCUT2D eigenvalue weighted by molar-refractivity contribution is 8.14. The maximum absolute atomic E-state index is 11.8. The average Bonchev–Trinajstić information content (AvgIpc) is 3.34. The monoisotopic (exact) mass is 455 g/mol. The zero-order valence-corrected chi connectivity index (χ0v) is 18.4. The van der Waals surface area contributed by atoms with Gasteiger partial charge in [0.1, 0.15) is 0 Å². The lowest BCUT2D eigenvalue weighted by Gasteiger charge is -2.30. The van der Waals surface area contributed by atoms with Gasteiger partial charge < -0.3 is 0 Å². The van der Waals surface area contributed by atoms with Crippen LogP contribution in [0.2, 0.25) is 10.0 Å². The first-order chi connectivity index (χ1) is 14.6. The summed E-state index contributed by atoms with van der Waals surface area (Å²) in [7, 11) is 0. The number of benzene rings is 2. The van der Waals surface area contributed by atoms with Crippen LogP contribution in [0.3, 0.4) is 0 Å². The van der Waals surface area contributed by atoms with Crippen molar-refractivity contribution in [1.29, 1.82) is 0 Å². The van der Waals surface area contributed by atoms with Crippen LogP contribution in [-0.4, -0.2) is 27.5 Å². The van der Waals surface area contributed by atoms with Crippen molar-refractivity contribution in [2.45, 2.75) is 25.3 Å². The molecule has 1 fully saturated rings. The average molecular weight is 456 g/mol. The van der Waals surface area contributed by atoms with Crippen molar-refractivity contribution >= 4 is 57.8 Å². The molecule has 2 atom stereocenters. The Labute approximate surface area is 189 Å². The van der Waals surface area contributed by atoms with Crippen molar-refractivity contribution in [3.05, 3.63) is 75.3 Å². The summed E-state index contributed by atoms with van der Waals surface area (Å²) in [4.78, 5) is 16.1. The van der Waals surface area contributed by atoms with Crippen LogP contribution in [-0.2, 0) is 4.79 Å². The molecule has 2 aromatic carbocycles. The minimum atomic E-state index is -0.100. The molecule has 1 aliphatic carbocycles. The molecule has 2 aliphatic heterocycles. The Morgan fingerprint density at radius 3 is 2.40 bits per heavy atom. The lowest BCUT2D eigenvalue weighted by Crippen LogP contribution is -2.30. The van der Waals surface area contributed by atoms with E-state index in [4.69, 9.17) is 28.3 Å². The Hall–Kier alpha value is -2.08. The van der Waals surface area contributed by atoms with Gasteiger partial charge in [-0.15, -0.1) is 0 Å². The van der Waals surface area contributed by atoms with Gasteiger partial charge in [-0.25, -0.2) is 5.01 Å². The standard InChI is InChI=1S/C23H19Cl2N3OS/c24-17-8-4-14(5-9-17)12-16-2-1-3-19-21(16)27-28(23-26-20(29)13-30-23)22(19)15-6-10-18(25)11-7-15/h4-12,19,22H,1-3,13H2/b16-12-/t19-,22+/m0/s1. The number of thioether (sulfide) groups is 1. The van der Waals surface area contributed by atoms with E-state index in [2.05, 4.69) is 23.2 Å². The third-order valence-corrected chi connectivity index (χ3v) is 7.10. The molecule has 30 heavy (non-hydrogen) atoms. The van der Waals surface area contributed by atoms with Crippen LogP contribution in [0.4, 0.5) is 0 Å². The third kappa shape index (κ3) is 3.82. The zero-order chi connectivity index (χ0) is 20.7. The van der Waals surface area contributed by atoms with Crippen molar-refractivity contribution in [1.82, 2.24) is 5.01 Å². The van der Waals surface area contributed by atoms with Crippen LogP contribution in [0.25, 0.3) is 6.08 Å². The number of amides is 1. The summed E-state index contributed by atoms with van der Waals surface area (Å²) in [5.41, 5.74) is 4.59. The SMILES string of the molecule is O=C1CSC(N2N=C3/C(=C\c4ccc(Cl)cc4)CCC[C@@H]3[C@H]2c2ccc(Cl)cc2)=N1. The number of allylic oxidation sites excluding steroid dienone is 1. The van der Waals surface area contributed by atoms with E-state index in [1.807, 2.05) is 41.4 Å². The van der Waals surface area contributed by atoms with Crippen LogP contribution in [0.5, 0.6) is 0 Å². The van der Waals surface area contributed by atoms with Gasteiger partial charge in [0.05, 0.1) is 17.5 Å². The highest BCUT2D eigenvalue weighted by Gasteiger charge is 2.44. The number of carbonyl (C=O) groups excluding carboxylic acids is 1. The highest BCUT2D eigenvalue weighted by Crippen LogP contribution is 2.46. The molecule has 0 saturated heterocycles. The van der Waals surface area contributed by atoms with E-state index in [9.17, 15) is 4.79 Å². The van der Waals surface area contributed by atoms with Gasteiger partial charge in [-0.1, -0.05) is 59.2 Å². The summed E-state index contributed by atoms with van der Waals surface area (Å²) in [6.07, 6.45) is 5.34. The molecule has 0 unspecified atom stereocenters. The fourth-order valence-corrected chi connectivity index (χ4v) is 5.35. The zero-order valence-electron chi connectivity index (χ0n) is 16.1. The predicted molar refractivity (Wildman–Crippen MR) is 125 cm³/mol. The first kappa shape index (κ1) is 19.9. The van der Waals surface area contributed by atoms with Crippen LogP contribution in [0.15, 0.2) is 64.2 Å². The van der Waals surface area contributed by atoms with Gasteiger partial charge in [-0.2, -0.15) is 10.1 Å². The normalized spacial score (nSPS) is 24.8. The van der Waals surface area contributed by atoms with E-state index >= 15 is 0 Å². The second kappa shape index (κ2) is 8.22. The number of rotatable bonds is 2. The van der Waals surface area contributed by atoms with E-state index in [0.29, 0.717) is 15.9 Å². The smallest absolute Gasteiger partial charge is 0.258 e. The first-order valence-corrected chi connectivity index (χ1v) is 11.7. The largest absolute Gasteiger partial charge is 0.272 e. The van der Waals surface area contributed by atoms with Gasteiger partial charge in [0.2, 0.25) is 0 Å². The molecule has 1 amide bonds. The minimum absolute atomic E-state index is 0.0170. The van der Waals surface area contributed by atoms with E-state index < -0.39 is 0 Å². The number of halogens is 2. The Kier molecular flexibility index (Phi) is 5.44. The Bertz CT molecular complexity index is 1080. The van der Waals surface area contributed by atoms with Crippen molar-refractivity contribution < 1.29 is 4.79 Å². The van der Waals surface area contributed by atoms with Gasteiger partial charge in [0, 0.05) is 16.0 Å². The van der Waals surface area contributed by atoms with Crippen LogP contribution in [0, 0.1) is 5.92 Å². The van der Waals surface area contributed by atoms with Crippen molar-refractivity contribution in [3.63, 3.8) is 0 Å². The van der Waals surface area contributed by atoms with Crippen LogP contribution < -0.4 is 0 Å². The number of aliphatic imine (C=N–C) groups is 1. The van der Waals surface area contributed by atoms with Gasteiger partial charge in [-0.3, -0.25) is 4.79 Å². The number of carbonyl (C=O) groups is 1. The van der Waals surface area contributed by atoms with Crippen molar-refractivity contribution in [3.8, 4) is 0 Å². The number of hydrogen-bond acceptors (Lipinski definition) is 4. The molecular weight excluding hydrogens is 437 g/mol. The molecular formula is C23H19Cl2N3OS. The molecule has 152 valence electrons. The van der Waals surface area contributed by atoms with Crippen LogP contribution >= 0.6 is 35.0 Å². The maximum Gasteiger partial charge on any atom is 0.258 e. The van der Waals surface area contributed by atoms with Gasteiger partial charge in [-0.05, 0) is 66.3 Å². The molecule has 0 radical (unpaired) electrons. The number of nitrogens with zero attached hydrogens (tertiary/aromatic N) is 3. The van der Waals surface area contributed by atoms with Crippen molar-refractivity contribution in [2.75, 3.05) is 5.75 Å². The molecule has 2 aromatic rings. The lowest BCUT2D eigenvalue weighted by atomic mass is 9.77. The molecule has 0 aromatic heterocycles. The minimum Gasteiger partial charge on any atom is -0.272 e. The molecule has 4 nitrogen and oxygen atoms in total. The Morgan fingerprint density at radius 1 is 1.03 bits per heavy atom. The second-order valence-corrected chi connectivity index (χ2v) is 9.44. The van der Waals surface area contributed by atoms with E-state index in [1.54, 1.807) is 0 Å². The molecule has 0 N–H and O–H groups in total. The molecule has 5 rings (SSSR count). The quantitative estimate of drug-likeness (QED) is 0.539. The summed E-state index contributed by atoms with van der Waals surface area (Å²) in [5, 5.41) is 9.10. The highest BCUT2D eigenvalue weighted by atomic mass is 35.5. The summed E-state index contributed by atoms with van der Waals surface area (Å²) in [5.74, 6) is 0.525. The van der Waals surface area contributed by atoms with Crippen molar-refractivity contribution in [2.24, 2.45) is 16.0 Å². The van der Waals surface area contributed by atoms with Gasteiger partial charge >= 0.3 is 0 Å². The van der Waals surface area contributed by atoms with E-state index in [0.717, 1.165) is 41.1 Å². The molecule has 0 spiro atoms. The van der Waals surface area contributed by atoms with Gasteiger partial charge in [0.15, 0.2) is 5.17 Å². The lowest BCUT2D eigenvalue weighted by molar-refractivity contribution is -0.115. The molecule has 0 bridgehead atoms. The predicted octanol–water partition coefficient (Wildman–Crippen LogP) is 6.22. The molecule has 2 heterocycles. The number of hydrazone groups is 1. The summed E-state index contributed by atoms with van der Waals surface area (Å²) >= 11 is 13.6. The van der Waals surface area contributed by atoms with Gasteiger partial charge in [0.25, 0.3) is 5.91 Å². The Morgan fingerprint density at radius 2 is 1.73 bits per heavy atom. The summed E-state index contributed by atoms with van der Waals surface area (Å²) in [6, 6.07) is 15.8. The Balaban J connectivity index is 1.56. The third-order valence-electron chi connectivity index (χ3n) is 5.67. The molecule has 7 heteroatoms. The fourth-order valence-electron chi connectivity index (χ4n) is 4.33. The first-order valence-electron chi connectivity index (χ1n) is 9.92. The van der Waals surface area contributed by atoms with E-state index in [1.165, 1.54) is 17.3 Å². The fraction of sp³-hybridized carbons (Fsp3) is 0.261. The molecule has 3 aliphatic rings. The second-order valence-electron chi connectivity index (χ2n) is 7.62. The number of fused-ring (bicyclic) bond motifs is 1. The summed E-state index contributed by atoms with van der Waals surface area (Å²) in [6.45, 7) is 0.